The minimum Gasteiger partial charge on any atom is -0.481 e. The highest BCUT2D eigenvalue weighted by Gasteiger charge is 2.32. The molecule has 17 nitrogen and oxygen atoms in total. The van der Waals surface area contributed by atoms with Gasteiger partial charge in [0.25, 0.3) is 0 Å². The molecule has 4 unspecified atom stereocenters. The first-order chi connectivity index (χ1) is 16.1. The third-order valence-electron chi connectivity index (χ3n) is 4.35. The molecule has 0 saturated carbocycles. The molecule has 35 heavy (non-hydrogen) atoms. The van der Waals surface area contributed by atoms with Gasteiger partial charge in [0.15, 0.2) is 0 Å². The molecule has 5 amide bonds. The van der Waals surface area contributed by atoms with E-state index in [4.69, 9.17) is 27.4 Å². The zero-order valence-electron chi connectivity index (χ0n) is 18.4. The van der Waals surface area contributed by atoms with Crippen molar-refractivity contribution in [2.45, 2.75) is 62.7 Å². The minimum absolute atomic E-state index is 0.412. The highest BCUT2D eigenvalue weighted by molar-refractivity contribution is 5.96. The van der Waals surface area contributed by atoms with Gasteiger partial charge in [0.05, 0.1) is 18.9 Å². The highest BCUT2D eigenvalue weighted by Crippen LogP contribution is 2.04. The number of nitrogens with two attached hydrogens (primary N) is 3. The Hall–Kier alpha value is -4.28. The number of carbonyl (C=O) groups is 8. The van der Waals surface area contributed by atoms with Crippen molar-refractivity contribution in [2.24, 2.45) is 17.2 Å². The Balaban J connectivity index is 5.60. The molecule has 0 spiro atoms. The van der Waals surface area contributed by atoms with Crippen molar-refractivity contribution < 1.29 is 53.7 Å². The molecule has 0 aliphatic heterocycles. The van der Waals surface area contributed by atoms with Crippen LogP contribution in [0.3, 0.4) is 0 Å². The van der Waals surface area contributed by atoms with E-state index >= 15 is 0 Å². The van der Waals surface area contributed by atoms with Crippen molar-refractivity contribution in [1.29, 1.82) is 0 Å². The van der Waals surface area contributed by atoms with E-state index < -0.39 is 110 Å². The van der Waals surface area contributed by atoms with Crippen molar-refractivity contribution in [3.05, 3.63) is 0 Å². The number of rotatable bonds is 17. The van der Waals surface area contributed by atoms with E-state index in [0.717, 1.165) is 0 Å². The Kier molecular flexibility index (Phi) is 13.0. The molecule has 12 N–H and O–H groups in total. The molecular formula is C18H28N6O11. The average Bonchev–Trinajstić information content (AvgIpc) is 2.71. The lowest BCUT2D eigenvalue weighted by atomic mass is 10.1. The van der Waals surface area contributed by atoms with Gasteiger partial charge in [-0.2, -0.15) is 0 Å². The summed E-state index contributed by atoms with van der Waals surface area (Å²) in [5.41, 5.74) is 15.4. The number of aliphatic carboxylic acids is 3. The molecule has 4 atom stereocenters. The minimum atomic E-state index is -1.84. The standard InChI is InChI=1S/C18H28N6O11/c19-7(5-13(27)28)15(31)22-8(1-3-11(20)25)16(32)24-10(6-14(29)30)17(33)23-9(18(34)35)2-4-12(21)26/h7-10H,1-6,19H2,(H2,20,25)(H2,21,26)(H,22,31)(H,23,33)(H,24,32)(H,27,28)(H,29,30)(H,34,35). The lowest BCUT2D eigenvalue weighted by molar-refractivity contribution is -0.143. The summed E-state index contributed by atoms with van der Waals surface area (Å²) in [6, 6.07) is -6.63. The Bertz CT molecular complexity index is 862. The van der Waals surface area contributed by atoms with Crippen LogP contribution < -0.4 is 33.2 Å². The molecule has 0 heterocycles. The number of hydrogen-bond acceptors (Lipinski definition) is 9. The summed E-state index contributed by atoms with van der Waals surface area (Å²) >= 11 is 0. The van der Waals surface area contributed by atoms with E-state index in [0.29, 0.717) is 0 Å². The number of amides is 5. The fourth-order valence-electron chi connectivity index (χ4n) is 2.59. The third-order valence-corrected chi connectivity index (χ3v) is 4.35. The van der Waals surface area contributed by atoms with E-state index in [-0.39, 0.29) is 0 Å². The summed E-state index contributed by atoms with van der Waals surface area (Å²) in [5, 5.41) is 33.1. The molecule has 0 aromatic carbocycles. The molecule has 0 aliphatic carbocycles. The third kappa shape index (κ3) is 13.1. The molecule has 0 bridgehead atoms. The van der Waals surface area contributed by atoms with E-state index in [2.05, 4.69) is 5.32 Å². The second kappa shape index (κ2) is 14.8. The summed E-state index contributed by atoms with van der Waals surface area (Å²) in [4.78, 5) is 92.5. The van der Waals surface area contributed by atoms with Crippen molar-refractivity contribution in [3.8, 4) is 0 Å². The molecule has 0 fully saturated rings. The zero-order valence-corrected chi connectivity index (χ0v) is 18.4. The van der Waals surface area contributed by atoms with Gasteiger partial charge in [-0.1, -0.05) is 0 Å². The van der Waals surface area contributed by atoms with Gasteiger partial charge in [0, 0.05) is 12.8 Å². The van der Waals surface area contributed by atoms with Gasteiger partial charge in [-0.3, -0.25) is 33.6 Å². The van der Waals surface area contributed by atoms with Crippen molar-refractivity contribution in [3.63, 3.8) is 0 Å². The molecule has 0 aromatic rings. The fraction of sp³-hybridized carbons (Fsp3) is 0.556. The molecule has 0 saturated heterocycles. The quantitative estimate of drug-likeness (QED) is 0.0902. The van der Waals surface area contributed by atoms with Crippen LogP contribution in [0.5, 0.6) is 0 Å². The topological polar surface area (TPSA) is 311 Å². The van der Waals surface area contributed by atoms with Crippen LogP contribution in [-0.2, 0) is 38.4 Å². The SMILES string of the molecule is NC(=O)CCC(NC(=O)C(CC(=O)O)NC(=O)C(CCC(N)=O)NC(=O)C(N)CC(=O)O)C(=O)O. The van der Waals surface area contributed by atoms with Crippen molar-refractivity contribution >= 4 is 47.4 Å². The largest absolute Gasteiger partial charge is 0.481 e. The smallest absolute Gasteiger partial charge is 0.326 e. The number of carboxylic acids is 3. The van der Waals surface area contributed by atoms with Crippen LogP contribution in [0.15, 0.2) is 0 Å². The summed E-state index contributed by atoms with van der Waals surface area (Å²) in [6.45, 7) is 0. The predicted octanol–water partition coefficient (Wildman–Crippen LogP) is -4.67. The monoisotopic (exact) mass is 504 g/mol. The number of primary amides is 2. The van der Waals surface area contributed by atoms with Gasteiger partial charge in [-0.15, -0.1) is 0 Å². The molecule has 17 heteroatoms. The van der Waals surface area contributed by atoms with Crippen LogP contribution in [0.1, 0.15) is 38.5 Å². The molecule has 0 aliphatic rings. The van der Waals surface area contributed by atoms with Crippen LogP contribution in [0, 0.1) is 0 Å². The lowest BCUT2D eigenvalue weighted by Gasteiger charge is -2.24. The van der Waals surface area contributed by atoms with Gasteiger partial charge in [-0.25, -0.2) is 4.79 Å². The number of carboxylic acid groups (broad SMARTS) is 3. The molecule has 0 radical (unpaired) electrons. The van der Waals surface area contributed by atoms with E-state index in [1.54, 1.807) is 0 Å². The Labute approximate surface area is 197 Å². The van der Waals surface area contributed by atoms with E-state index in [1.807, 2.05) is 10.6 Å². The second-order valence-electron chi connectivity index (χ2n) is 7.33. The second-order valence-corrected chi connectivity index (χ2v) is 7.33. The number of hydrogen-bond donors (Lipinski definition) is 9. The Morgan fingerprint density at radius 1 is 0.600 bits per heavy atom. The van der Waals surface area contributed by atoms with Gasteiger partial charge in [-0.05, 0) is 12.8 Å². The summed E-state index contributed by atoms with van der Waals surface area (Å²) in [7, 11) is 0. The van der Waals surface area contributed by atoms with Crippen LogP contribution in [0.4, 0.5) is 0 Å². The first-order valence-electron chi connectivity index (χ1n) is 10.0. The van der Waals surface area contributed by atoms with Crippen LogP contribution in [0.2, 0.25) is 0 Å². The van der Waals surface area contributed by atoms with E-state index in [1.165, 1.54) is 0 Å². The van der Waals surface area contributed by atoms with Gasteiger partial charge >= 0.3 is 17.9 Å². The maximum absolute atomic E-state index is 12.7. The highest BCUT2D eigenvalue weighted by atomic mass is 16.4. The average molecular weight is 504 g/mol. The number of nitrogens with one attached hydrogen (secondary N) is 3. The van der Waals surface area contributed by atoms with Gasteiger partial charge < -0.3 is 48.5 Å². The number of carbonyl (C=O) groups excluding carboxylic acids is 5. The van der Waals surface area contributed by atoms with Crippen molar-refractivity contribution in [2.75, 3.05) is 0 Å². The van der Waals surface area contributed by atoms with Gasteiger partial charge in [0.2, 0.25) is 29.5 Å². The van der Waals surface area contributed by atoms with Crippen LogP contribution in [-0.4, -0.2) is 86.9 Å². The van der Waals surface area contributed by atoms with E-state index in [9.17, 15) is 43.5 Å². The Morgan fingerprint density at radius 3 is 1.43 bits per heavy atom. The Morgan fingerprint density at radius 2 is 1.00 bits per heavy atom. The first kappa shape index (κ1) is 30.7. The molecular weight excluding hydrogens is 476 g/mol. The fourth-order valence-corrected chi connectivity index (χ4v) is 2.59. The normalized spacial score (nSPS) is 13.9. The first-order valence-corrected chi connectivity index (χ1v) is 10.0. The van der Waals surface area contributed by atoms with Crippen molar-refractivity contribution in [1.82, 2.24) is 16.0 Å². The summed E-state index contributed by atoms with van der Waals surface area (Å²) in [5.74, 6) is -9.73. The van der Waals surface area contributed by atoms with Gasteiger partial charge in [0.1, 0.15) is 18.1 Å². The summed E-state index contributed by atoms with van der Waals surface area (Å²) < 4.78 is 0. The predicted molar refractivity (Wildman–Crippen MR) is 113 cm³/mol. The molecule has 196 valence electrons. The van der Waals surface area contributed by atoms with Crippen LogP contribution in [0.25, 0.3) is 0 Å². The molecule has 0 rings (SSSR count). The van der Waals surface area contributed by atoms with Crippen LogP contribution >= 0.6 is 0 Å². The summed E-state index contributed by atoms with van der Waals surface area (Å²) in [6.07, 6.45) is -3.47. The zero-order chi connectivity index (χ0) is 27.3. The lowest BCUT2D eigenvalue weighted by Crippen LogP contribution is -2.57. The maximum atomic E-state index is 12.7. The maximum Gasteiger partial charge on any atom is 0.326 e. The molecule has 0 aromatic heterocycles.